The summed E-state index contributed by atoms with van der Waals surface area (Å²) in [6, 6.07) is 4.96. The van der Waals surface area contributed by atoms with Gasteiger partial charge in [-0.3, -0.25) is 0 Å². The summed E-state index contributed by atoms with van der Waals surface area (Å²) in [5.41, 5.74) is 6.65. The van der Waals surface area contributed by atoms with Crippen molar-refractivity contribution in [3.05, 3.63) is 34.6 Å². The first-order valence-corrected chi connectivity index (χ1v) is 6.84. The van der Waals surface area contributed by atoms with Gasteiger partial charge in [-0.25, -0.2) is 4.39 Å². The van der Waals surface area contributed by atoms with Crippen molar-refractivity contribution in [1.82, 2.24) is 0 Å². The average Bonchev–Trinajstić information content (AvgIpc) is 2.36. The summed E-state index contributed by atoms with van der Waals surface area (Å²) >= 11 is 5.75. The molecule has 18 heavy (non-hydrogen) atoms. The van der Waals surface area contributed by atoms with Crippen molar-refractivity contribution in [3.8, 4) is 0 Å². The van der Waals surface area contributed by atoms with Gasteiger partial charge in [0, 0.05) is 12.6 Å². The van der Waals surface area contributed by atoms with Gasteiger partial charge in [-0.1, -0.05) is 23.7 Å². The lowest BCUT2D eigenvalue weighted by molar-refractivity contribution is 0.00743. The second kappa shape index (κ2) is 6.50. The van der Waals surface area contributed by atoms with E-state index >= 15 is 0 Å². The molecule has 0 aliphatic carbocycles. The van der Waals surface area contributed by atoms with Crippen molar-refractivity contribution >= 4 is 11.6 Å². The molecule has 2 atom stereocenters. The molecule has 0 aromatic heterocycles. The monoisotopic (exact) mass is 271 g/mol. The van der Waals surface area contributed by atoms with E-state index in [2.05, 4.69) is 0 Å². The van der Waals surface area contributed by atoms with Gasteiger partial charge in [-0.05, 0) is 43.7 Å². The molecule has 100 valence electrons. The number of nitrogens with two attached hydrogens (primary N) is 1. The minimum absolute atomic E-state index is 0.0823. The van der Waals surface area contributed by atoms with Crippen molar-refractivity contribution in [2.75, 3.05) is 6.61 Å². The lowest BCUT2D eigenvalue weighted by atomic mass is 9.97. The maximum Gasteiger partial charge on any atom is 0.145 e. The van der Waals surface area contributed by atoms with Gasteiger partial charge in [0.1, 0.15) is 5.82 Å². The topological polar surface area (TPSA) is 35.2 Å². The maximum absolute atomic E-state index is 13.7. The highest BCUT2D eigenvalue weighted by Crippen LogP contribution is 2.21. The highest BCUT2D eigenvalue weighted by molar-refractivity contribution is 6.30. The standard InChI is InChI=1S/C14H19ClFNO/c15-13-6-3-4-10(14(13)16)8-11(17)9-12-5-1-2-7-18-12/h3-4,6,11-12H,1-2,5,7-9,17H2. The molecule has 1 heterocycles. The van der Waals surface area contributed by atoms with Crippen LogP contribution in [0.1, 0.15) is 31.2 Å². The van der Waals surface area contributed by atoms with Crippen LogP contribution >= 0.6 is 11.6 Å². The molecule has 0 saturated carbocycles. The molecule has 2 unspecified atom stereocenters. The van der Waals surface area contributed by atoms with Crippen LogP contribution in [0.4, 0.5) is 4.39 Å². The molecular formula is C14H19ClFNO. The van der Waals surface area contributed by atoms with Crippen LogP contribution in [0.3, 0.4) is 0 Å². The summed E-state index contributed by atoms with van der Waals surface area (Å²) in [7, 11) is 0. The molecule has 4 heteroatoms. The van der Waals surface area contributed by atoms with Gasteiger partial charge in [-0.2, -0.15) is 0 Å². The summed E-state index contributed by atoms with van der Waals surface area (Å²) in [6.07, 6.45) is 4.91. The Hall–Kier alpha value is -0.640. The molecule has 0 amide bonds. The highest BCUT2D eigenvalue weighted by Gasteiger charge is 2.18. The third-order valence-corrected chi connectivity index (χ3v) is 3.65. The SMILES string of the molecule is NC(Cc1cccc(Cl)c1F)CC1CCCCO1. The first kappa shape index (κ1) is 13.8. The van der Waals surface area contributed by atoms with Crippen molar-refractivity contribution in [1.29, 1.82) is 0 Å². The lowest BCUT2D eigenvalue weighted by Crippen LogP contribution is -2.31. The van der Waals surface area contributed by atoms with Crippen molar-refractivity contribution in [2.45, 2.75) is 44.2 Å². The summed E-state index contributed by atoms with van der Waals surface area (Å²) in [4.78, 5) is 0. The fraction of sp³-hybridized carbons (Fsp3) is 0.571. The van der Waals surface area contributed by atoms with Gasteiger partial charge in [0.05, 0.1) is 11.1 Å². The Labute approximate surface area is 112 Å². The van der Waals surface area contributed by atoms with Crippen LogP contribution in [0.2, 0.25) is 5.02 Å². The Morgan fingerprint density at radius 2 is 2.28 bits per heavy atom. The van der Waals surface area contributed by atoms with E-state index in [1.54, 1.807) is 18.2 Å². The summed E-state index contributed by atoms with van der Waals surface area (Å²) in [5, 5.41) is 0.161. The number of rotatable bonds is 4. The van der Waals surface area contributed by atoms with E-state index < -0.39 is 0 Å². The number of benzene rings is 1. The van der Waals surface area contributed by atoms with E-state index in [4.69, 9.17) is 22.1 Å². The number of hydrogen-bond acceptors (Lipinski definition) is 2. The Bertz CT molecular complexity index is 393. The van der Waals surface area contributed by atoms with Crippen LogP contribution in [0.15, 0.2) is 18.2 Å². The normalized spacial score (nSPS) is 21.8. The molecule has 1 aliphatic heterocycles. The molecule has 2 nitrogen and oxygen atoms in total. The smallest absolute Gasteiger partial charge is 0.145 e. The van der Waals surface area contributed by atoms with Crippen LogP contribution in [0, 0.1) is 5.82 Å². The van der Waals surface area contributed by atoms with Gasteiger partial charge in [-0.15, -0.1) is 0 Å². The van der Waals surface area contributed by atoms with Gasteiger partial charge in [0.25, 0.3) is 0 Å². The Balaban J connectivity index is 1.90. The molecular weight excluding hydrogens is 253 g/mol. The Morgan fingerprint density at radius 1 is 1.44 bits per heavy atom. The van der Waals surface area contributed by atoms with Crippen molar-refractivity contribution in [2.24, 2.45) is 5.73 Å². The fourth-order valence-corrected chi connectivity index (χ4v) is 2.60. The van der Waals surface area contributed by atoms with Crippen molar-refractivity contribution in [3.63, 3.8) is 0 Å². The minimum atomic E-state index is -0.348. The van der Waals surface area contributed by atoms with Crippen LogP contribution in [0.5, 0.6) is 0 Å². The van der Waals surface area contributed by atoms with Gasteiger partial charge < -0.3 is 10.5 Å². The van der Waals surface area contributed by atoms with Crippen LogP contribution in [-0.4, -0.2) is 18.8 Å². The summed E-state index contributed by atoms with van der Waals surface area (Å²) in [6.45, 7) is 0.822. The van der Waals surface area contributed by atoms with E-state index in [0.29, 0.717) is 12.0 Å². The second-order valence-electron chi connectivity index (χ2n) is 4.90. The van der Waals surface area contributed by atoms with E-state index in [1.807, 2.05) is 0 Å². The van der Waals surface area contributed by atoms with Gasteiger partial charge >= 0.3 is 0 Å². The average molecular weight is 272 g/mol. The minimum Gasteiger partial charge on any atom is -0.378 e. The predicted octanol–water partition coefficient (Wildman–Crippen LogP) is 3.31. The summed E-state index contributed by atoms with van der Waals surface area (Å²) < 4.78 is 19.4. The predicted molar refractivity (Wildman–Crippen MR) is 71.3 cm³/mol. The number of hydrogen-bond donors (Lipinski definition) is 1. The van der Waals surface area contributed by atoms with Gasteiger partial charge in [0.15, 0.2) is 0 Å². The molecule has 2 N–H and O–H groups in total. The van der Waals surface area contributed by atoms with E-state index in [9.17, 15) is 4.39 Å². The maximum atomic E-state index is 13.7. The lowest BCUT2D eigenvalue weighted by Gasteiger charge is -2.25. The molecule has 1 fully saturated rings. The molecule has 1 saturated heterocycles. The van der Waals surface area contributed by atoms with Crippen LogP contribution < -0.4 is 5.73 Å². The van der Waals surface area contributed by atoms with Gasteiger partial charge in [0.2, 0.25) is 0 Å². The molecule has 0 spiro atoms. The third kappa shape index (κ3) is 3.67. The summed E-state index contributed by atoms with van der Waals surface area (Å²) in [5.74, 6) is -0.348. The Morgan fingerprint density at radius 3 is 3.00 bits per heavy atom. The molecule has 1 aromatic rings. The zero-order valence-electron chi connectivity index (χ0n) is 10.4. The number of halogens is 2. The van der Waals surface area contributed by atoms with E-state index in [-0.39, 0.29) is 23.0 Å². The second-order valence-corrected chi connectivity index (χ2v) is 5.31. The van der Waals surface area contributed by atoms with E-state index in [0.717, 1.165) is 25.9 Å². The first-order chi connectivity index (χ1) is 8.66. The largest absolute Gasteiger partial charge is 0.378 e. The molecule has 0 radical (unpaired) electrons. The molecule has 0 bridgehead atoms. The van der Waals surface area contributed by atoms with E-state index in [1.165, 1.54) is 6.42 Å². The highest BCUT2D eigenvalue weighted by atomic mass is 35.5. The van der Waals surface area contributed by atoms with Crippen LogP contribution in [0.25, 0.3) is 0 Å². The third-order valence-electron chi connectivity index (χ3n) is 3.35. The first-order valence-electron chi connectivity index (χ1n) is 6.47. The Kier molecular flexibility index (Phi) is 4.98. The zero-order valence-corrected chi connectivity index (χ0v) is 11.1. The van der Waals surface area contributed by atoms with Crippen LogP contribution in [-0.2, 0) is 11.2 Å². The number of ether oxygens (including phenoxy) is 1. The fourth-order valence-electron chi connectivity index (χ4n) is 2.40. The zero-order chi connectivity index (χ0) is 13.0. The quantitative estimate of drug-likeness (QED) is 0.912. The molecule has 1 aromatic carbocycles. The molecule has 1 aliphatic rings. The molecule has 2 rings (SSSR count). The van der Waals surface area contributed by atoms with Crippen molar-refractivity contribution < 1.29 is 9.13 Å².